The maximum atomic E-state index is 11.8. The molecule has 2 aromatic rings. The predicted molar refractivity (Wildman–Crippen MR) is 128 cm³/mol. The summed E-state index contributed by atoms with van der Waals surface area (Å²) in [6, 6.07) is 11.9. The summed E-state index contributed by atoms with van der Waals surface area (Å²) in [5.74, 6) is -0.843. The summed E-state index contributed by atoms with van der Waals surface area (Å²) in [6.45, 7) is 4.33. The van der Waals surface area contributed by atoms with Crippen molar-refractivity contribution < 1.29 is 24.5 Å². The van der Waals surface area contributed by atoms with E-state index >= 15 is 0 Å². The first-order valence-electron chi connectivity index (χ1n) is 11.6. The number of methoxy groups -OCH3 is 1. The molecule has 0 aliphatic heterocycles. The van der Waals surface area contributed by atoms with Crippen molar-refractivity contribution in [2.75, 3.05) is 7.11 Å². The van der Waals surface area contributed by atoms with E-state index in [-0.39, 0.29) is 17.7 Å². The monoisotopic (exact) mass is 460 g/mol. The van der Waals surface area contributed by atoms with Crippen molar-refractivity contribution >= 4 is 23.1 Å². The average Bonchev–Trinajstić information content (AvgIpc) is 3.38. The normalized spacial score (nSPS) is 20.0. The molecule has 176 valence electrons. The van der Waals surface area contributed by atoms with Gasteiger partial charge < -0.3 is 14.9 Å². The van der Waals surface area contributed by atoms with E-state index in [0.717, 1.165) is 24.8 Å². The molecular formula is C26H36O5S. The van der Waals surface area contributed by atoms with Crippen molar-refractivity contribution in [1.82, 2.24) is 0 Å². The Hall–Kier alpha value is -2.02. The van der Waals surface area contributed by atoms with Gasteiger partial charge in [-0.15, -0.1) is 11.3 Å². The Labute approximate surface area is 195 Å². The number of thiophene rings is 1. The summed E-state index contributed by atoms with van der Waals surface area (Å²) < 4.78 is 4.60. The second-order valence-corrected chi connectivity index (χ2v) is 9.43. The number of Topliss-reactive ketones (excluding diaryl/α,β-unsaturated/α-hetero) is 1. The Kier molecular flexibility index (Phi) is 11.1. The van der Waals surface area contributed by atoms with Crippen LogP contribution in [0.1, 0.15) is 84.0 Å². The van der Waals surface area contributed by atoms with Gasteiger partial charge in [-0.2, -0.15) is 0 Å². The van der Waals surface area contributed by atoms with Crippen LogP contribution in [0.15, 0.2) is 36.4 Å². The fourth-order valence-electron chi connectivity index (χ4n) is 3.82. The van der Waals surface area contributed by atoms with Gasteiger partial charge in [0.1, 0.15) is 11.0 Å². The minimum absolute atomic E-state index is 0.234. The standard InChI is InChI=1S/C17H24O3.C9H12O2S/c1-2-3-4-5-6-12-7-9-13(10-8-12)14-11-15(18)17(20)16(14)19;1-3-4-7-5-6-8(12-7)9(10)11-2/h7-10,14-15,17-18,20H,2-6,11H2,1H3;5-6H,3-4H2,1-2H3. The lowest BCUT2D eigenvalue weighted by Gasteiger charge is -2.09. The molecule has 1 aliphatic rings. The first-order chi connectivity index (χ1) is 15.4. The Bertz CT molecular complexity index is 842. The molecule has 1 fully saturated rings. The lowest BCUT2D eigenvalue weighted by atomic mass is 9.94. The Morgan fingerprint density at radius 3 is 2.28 bits per heavy atom. The molecule has 0 spiro atoms. The van der Waals surface area contributed by atoms with E-state index in [0.29, 0.717) is 11.3 Å². The number of aliphatic hydroxyl groups excluding tert-OH is 2. The van der Waals surface area contributed by atoms with Gasteiger partial charge in [0.2, 0.25) is 0 Å². The number of carbonyl (C=O) groups excluding carboxylic acids is 2. The van der Waals surface area contributed by atoms with E-state index in [2.05, 4.69) is 30.7 Å². The largest absolute Gasteiger partial charge is 0.465 e. The van der Waals surface area contributed by atoms with Crippen LogP contribution in [-0.2, 0) is 22.4 Å². The molecule has 1 aliphatic carbocycles. The van der Waals surface area contributed by atoms with E-state index in [1.807, 2.05) is 24.3 Å². The predicted octanol–water partition coefficient (Wildman–Crippen LogP) is 5.07. The third-order valence-corrected chi connectivity index (χ3v) is 6.85. The van der Waals surface area contributed by atoms with E-state index in [1.165, 1.54) is 54.6 Å². The minimum atomic E-state index is -1.21. The fourth-order valence-corrected chi connectivity index (χ4v) is 4.85. The summed E-state index contributed by atoms with van der Waals surface area (Å²) in [6.07, 6.45) is 6.42. The van der Waals surface area contributed by atoms with Crippen LogP contribution in [0.3, 0.4) is 0 Å². The highest BCUT2D eigenvalue weighted by atomic mass is 32.1. The number of esters is 1. The summed E-state index contributed by atoms with van der Waals surface area (Å²) >= 11 is 1.52. The molecule has 0 amide bonds. The number of hydrogen-bond donors (Lipinski definition) is 2. The van der Waals surface area contributed by atoms with Crippen LogP contribution in [0.2, 0.25) is 0 Å². The molecule has 3 unspecified atom stereocenters. The molecule has 5 nitrogen and oxygen atoms in total. The van der Waals surface area contributed by atoms with Gasteiger partial charge >= 0.3 is 5.97 Å². The van der Waals surface area contributed by atoms with Crippen molar-refractivity contribution in [2.45, 2.75) is 83.3 Å². The average molecular weight is 461 g/mol. The van der Waals surface area contributed by atoms with Crippen LogP contribution in [0.25, 0.3) is 0 Å². The summed E-state index contributed by atoms with van der Waals surface area (Å²) in [7, 11) is 1.40. The third-order valence-electron chi connectivity index (χ3n) is 5.72. The Morgan fingerprint density at radius 2 is 1.72 bits per heavy atom. The molecule has 3 rings (SSSR count). The lowest BCUT2D eigenvalue weighted by molar-refractivity contribution is -0.127. The van der Waals surface area contributed by atoms with E-state index in [9.17, 15) is 19.8 Å². The number of aryl methyl sites for hydroxylation is 2. The zero-order chi connectivity index (χ0) is 23.5. The number of aliphatic hydroxyl groups is 2. The maximum absolute atomic E-state index is 11.8. The molecule has 0 bridgehead atoms. The van der Waals surface area contributed by atoms with Gasteiger partial charge in [-0.3, -0.25) is 4.79 Å². The number of hydrogen-bond acceptors (Lipinski definition) is 6. The fraction of sp³-hybridized carbons (Fsp3) is 0.538. The highest BCUT2D eigenvalue weighted by Gasteiger charge is 2.40. The number of ether oxygens (including phenoxy) is 1. The molecule has 0 saturated heterocycles. The zero-order valence-electron chi connectivity index (χ0n) is 19.4. The molecule has 0 radical (unpaired) electrons. The van der Waals surface area contributed by atoms with Crippen molar-refractivity contribution in [3.63, 3.8) is 0 Å². The minimum Gasteiger partial charge on any atom is -0.465 e. The second-order valence-electron chi connectivity index (χ2n) is 8.26. The van der Waals surface area contributed by atoms with Crippen LogP contribution in [-0.4, -0.2) is 41.3 Å². The van der Waals surface area contributed by atoms with Crippen molar-refractivity contribution in [3.8, 4) is 0 Å². The van der Waals surface area contributed by atoms with Crippen molar-refractivity contribution in [2.24, 2.45) is 0 Å². The van der Waals surface area contributed by atoms with Crippen molar-refractivity contribution in [1.29, 1.82) is 0 Å². The van der Waals surface area contributed by atoms with Gasteiger partial charge in [-0.1, -0.05) is 63.8 Å². The summed E-state index contributed by atoms with van der Waals surface area (Å²) in [5, 5.41) is 19.1. The van der Waals surface area contributed by atoms with Gasteiger partial charge in [0.25, 0.3) is 0 Å². The van der Waals surface area contributed by atoms with E-state index in [1.54, 1.807) is 0 Å². The van der Waals surface area contributed by atoms with E-state index < -0.39 is 12.2 Å². The van der Waals surface area contributed by atoms with Gasteiger partial charge in [0.15, 0.2) is 5.78 Å². The molecule has 3 atom stereocenters. The smallest absolute Gasteiger partial charge is 0.348 e. The number of rotatable bonds is 9. The quantitative estimate of drug-likeness (QED) is 0.403. The zero-order valence-corrected chi connectivity index (χ0v) is 20.2. The second kappa shape index (κ2) is 13.5. The van der Waals surface area contributed by atoms with Crippen LogP contribution in [0, 0.1) is 0 Å². The Balaban J connectivity index is 0.000000258. The number of ketones is 1. The highest BCUT2D eigenvalue weighted by Crippen LogP contribution is 2.32. The van der Waals surface area contributed by atoms with Gasteiger partial charge in [-0.05, 0) is 48.9 Å². The molecular weight excluding hydrogens is 424 g/mol. The first kappa shape index (κ1) is 26.2. The molecule has 6 heteroatoms. The molecule has 2 N–H and O–H groups in total. The molecule has 1 saturated carbocycles. The number of benzene rings is 1. The number of unbranched alkanes of at least 4 members (excludes halogenated alkanes) is 3. The van der Waals surface area contributed by atoms with Crippen LogP contribution >= 0.6 is 11.3 Å². The van der Waals surface area contributed by atoms with Gasteiger partial charge in [0.05, 0.1) is 13.2 Å². The lowest BCUT2D eigenvalue weighted by Crippen LogP contribution is -2.25. The third kappa shape index (κ3) is 7.54. The van der Waals surface area contributed by atoms with Crippen LogP contribution < -0.4 is 0 Å². The summed E-state index contributed by atoms with van der Waals surface area (Å²) in [4.78, 5) is 24.8. The first-order valence-corrected chi connectivity index (χ1v) is 12.4. The topological polar surface area (TPSA) is 83.8 Å². The number of carbonyl (C=O) groups is 2. The van der Waals surface area contributed by atoms with Crippen LogP contribution in [0.4, 0.5) is 0 Å². The SMILES string of the molecule is CCCCCCc1ccc(C2CC(O)C(O)C2=O)cc1.CCCc1ccc(C(=O)OC)s1. The van der Waals surface area contributed by atoms with E-state index in [4.69, 9.17) is 0 Å². The van der Waals surface area contributed by atoms with Gasteiger partial charge in [0, 0.05) is 10.8 Å². The molecule has 1 heterocycles. The van der Waals surface area contributed by atoms with Gasteiger partial charge in [-0.25, -0.2) is 4.79 Å². The Morgan fingerprint density at radius 1 is 1.00 bits per heavy atom. The van der Waals surface area contributed by atoms with Crippen LogP contribution in [0.5, 0.6) is 0 Å². The highest BCUT2D eigenvalue weighted by molar-refractivity contribution is 7.13. The molecule has 1 aromatic heterocycles. The van der Waals surface area contributed by atoms with Crippen molar-refractivity contribution in [3.05, 3.63) is 57.3 Å². The maximum Gasteiger partial charge on any atom is 0.348 e. The molecule has 1 aromatic carbocycles. The summed E-state index contributed by atoms with van der Waals surface area (Å²) in [5.41, 5.74) is 2.19. The molecule has 32 heavy (non-hydrogen) atoms.